The first kappa shape index (κ1) is 6.93. The molecular weight excluding hydrogens is 228 g/mol. The van der Waals surface area contributed by atoms with Crippen LogP contribution in [0.4, 0.5) is 0 Å². The van der Waals surface area contributed by atoms with Gasteiger partial charge in [0.25, 0.3) is 0 Å². The quantitative estimate of drug-likeness (QED) is 0.699. The average Bonchev–Trinajstić information content (AvgIpc) is 2.31. The van der Waals surface area contributed by atoms with Gasteiger partial charge < -0.3 is 0 Å². The van der Waals surface area contributed by atoms with Crippen LogP contribution in [-0.4, -0.2) is 19.8 Å². The Labute approximate surface area is 75.4 Å². The number of H-pyrrole nitrogens is 1. The third kappa shape index (κ3) is 1.08. The minimum absolute atomic E-state index is 0.543. The molecule has 0 unspecified atom stereocenters. The van der Waals surface area contributed by atoms with E-state index in [0.29, 0.717) is 4.64 Å². The number of hydrogen-bond donors (Lipinski definition) is 1. The Balaban J connectivity index is 3.02. The van der Waals surface area contributed by atoms with E-state index in [4.69, 9.17) is 12.2 Å². The highest BCUT2D eigenvalue weighted by Gasteiger charge is 1.98. The van der Waals surface area contributed by atoms with E-state index in [1.165, 1.54) is 6.33 Å². The van der Waals surface area contributed by atoms with Crippen molar-refractivity contribution in [3.8, 4) is 0 Å². The summed E-state index contributed by atoms with van der Waals surface area (Å²) in [5, 5.41) is 6.86. The summed E-state index contributed by atoms with van der Waals surface area (Å²) in [6, 6.07) is 1.81. The number of rotatable bonds is 0. The smallest absolute Gasteiger partial charge is 0.155 e. The summed E-state index contributed by atoms with van der Waals surface area (Å²) < 4.78 is 2.86. The van der Waals surface area contributed by atoms with Crippen molar-refractivity contribution in [2.75, 3.05) is 0 Å². The summed E-state index contributed by atoms with van der Waals surface area (Å²) in [7, 11) is 0. The molecule has 56 valence electrons. The summed E-state index contributed by atoms with van der Waals surface area (Å²) in [6.07, 6.45) is 1.51. The second-order valence-corrected chi connectivity index (χ2v) is 3.16. The fourth-order valence-corrected chi connectivity index (χ4v) is 1.38. The predicted molar refractivity (Wildman–Crippen MR) is 45.9 cm³/mol. The maximum atomic E-state index is 4.95. The lowest BCUT2D eigenvalue weighted by molar-refractivity contribution is 0.772. The summed E-state index contributed by atoms with van der Waals surface area (Å²) in [5.41, 5.74) is 0.800. The van der Waals surface area contributed by atoms with Crippen LogP contribution in [0.1, 0.15) is 0 Å². The lowest BCUT2D eigenvalue weighted by atomic mass is 10.6. The highest BCUT2D eigenvalue weighted by atomic mass is 79.9. The molecule has 0 spiro atoms. The number of aromatic amines is 1. The molecule has 2 aromatic heterocycles. The maximum Gasteiger partial charge on any atom is 0.155 e. The second-order valence-electron chi connectivity index (χ2n) is 1.96. The van der Waals surface area contributed by atoms with Gasteiger partial charge in [0.15, 0.2) is 4.64 Å². The van der Waals surface area contributed by atoms with E-state index in [1.807, 2.05) is 6.07 Å². The molecule has 2 rings (SSSR count). The van der Waals surface area contributed by atoms with Gasteiger partial charge in [-0.15, -0.1) is 5.10 Å². The lowest BCUT2D eigenvalue weighted by Crippen LogP contribution is -1.93. The van der Waals surface area contributed by atoms with Crippen LogP contribution in [0.2, 0.25) is 0 Å². The van der Waals surface area contributed by atoms with Crippen molar-refractivity contribution in [1.29, 1.82) is 0 Å². The minimum atomic E-state index is 0.543. The zero-order chi connectivity index (χ0) is 7.84. The molecule has 0 amide bonds. The average molecular weight is 231 g/mol. The summed E-state index contributed by atoms with van der Waals surface area (Å²) >= 11 is 8.19. The maximum absolute atomic E-state index is 4.95. The highest BCUT2D eigenvalue weighted by Crippen LogP contribution is 2.09. The van der Waals surface area contributed by atoms with Gasteiger partial charge in [-0.25, -0.2) is 4.98 Å². The van der Waals surface area contributed by atoms with Gasteiger partial charge in [-0.1, -0.05) is 12.2 Å². The van der Waals surface area contributed by atoms with E-state index in [0.717, 1.165) is 10.1 Å². The standard InChI is InChI=1S/C5H3BrN4S/c6-4-1-3-5(11)7-2-8-10(3)9-4/h1-2H,(H,7,8,11). The SMILES string of the molecule is S=c1nc[nH]n2nc(Br)cc12. The minimum Gasteiger partial charge on any atom is -0.267 e. The van der Waals surface area contributed by atoms with E-state index in [1.54, 1.807) is 4.63 Å². The fourth-order valence-electron chi connectivity index (χ4n) is 0.811. The third-order valence-corrected chi connectivity index (χ3v) is 1.96. The van der Waals surface area contributed by atoms with Crippen LogP contribution in [-0.2, 0) is 0 Å². The van der Waals surface area contributed by atoms with Gasteiger partial charge in [-0.05, 0) is 15.9 Å². The molecule has 2 heterocycles. The van der Waals surface area contributed by atoms with Crippen molar-refractivity contribution in [1.82, 2.24) is 19.8 Å². The molecule has 2 aromatic rings. The van der Waals surface area contributed by atoms with Crippen molar-refractivity contribution in [2.45, 2.75) is 0 Å². The van der Waals surface area contributed by atoms with E-state index in [-0.39, 0.29) is 0 Å². The van der Waals surface area contributed by atoms with E-state index in [2.05, 4.69) is 31.1 Å². The molecule has 0 aliphatic heterocycles. The number of fused-ring (bicyclic) bond motifs is 1. The Bertz CT molecular complexity index is 445. The van der Waals surface area contributed by atoms with E-state index < -0.39 is 0 Å². The van der Waals surface area contributed by atoms with Gasteiger partial charge in [-0.3, -0.25) is 5.10 Å². The van der Waals surface area contributed by atoms with Crippen molar-refractivity contribution in [3.05, 3.63) is 21.6 Å². The predicted octanol–water partition coefficient (Wildman–Crippen LogP) is 1.55. The number of aromatic nitrogens is 4. The Morgan fingerprint density at radius 3 is 3.18 bits per heavy atom. The van der Waals surface area contributed by atoms with Crippen molar-refractivity contribution in [3.63, 3.8) is 0 Å². The summed E-state index contributed by atoms with van der Waals surface area (Å²) in [6.45, 7) is 0. The Hall–Kier alpha value is -0.750. The molecule has 11 heavy (non-hydrogen) atoms. The van der Waals surface area contributed by atoms with E-state index >= 15 is 0 Å². The van der Waals surface area contributed by atoms with Crippen molar-refractivity contribution in [2.24, 2.45) is 0 Å². The van der Waals surface area contributed by atoms with Crippen LogP contribution in [0.25, 0.3) is 5.52 Å². The normalized spacial score (nSPS) is 10.6. The zero-order valence-electron chi connectivity index (χ0n) is 5.28. The van der Waals surface area contributed by atoms with Crippen LogP contribution >= 0.6 is 28.1 Å². The lowest BCUT2D eigenvalue weighted by Gasteiger charge is -1.88. The van der Waals surface area contributed by atoms with Gasteiger partial charge >= 0.3 is 0 Å². The molecule has 0 saturated carbocycles. The number of halogens is 1. The number of nitrogens with one attached hydrogen (secondary N) is 1. The fraction of sp³-hybridized carbons (Fsp3) is 0. The van der Waals surface area contributed by atoms with Gasteiger partial charge in [-0.2, -0.15) is 4.63 Å². The molecule has 0 radical (unpaired) electrons. The van der Waals surface area contributed by atoms with Crippen LogP contribution in [0, 0.1) is 4.64 Å². The molecule has 0 fully saturated rings. The van der Waals surface area contributed by atoms with Crippen LogP contribution < -0.4 is 0 Å². The van der Waals surface area contributed by atoms with Gasteiger partial charge in [0.1, 0.15) is 16.4 Å². The van der Waals surface area contributed by atoms with Gasteiger partial charge in [0, 0.05) is 6.07 Å². The topological polar surface area (TPSA) is 46.0 Å². The molecular formula is C5H3BrN4S. The molecule has 0 aliphatic rings. The highest BCUT2D eigenvalue weighted by molar-refractivity contribution is 9.10. The van der Waals surface area contributed by atoms with Crippen molar-refractivity contribution >= 4 is 33.7 Å². The van der Waals surface area contributed by atoms with Crippen LogP contribution in [0.3, 0.4) is 0 Å². The first-order valence-corrected chi connectivity index (χ1v) is 4.06. The molecule has 0 bridgehead atoms. The Kier molecular flexibility index (Phi) is 1.50. The Morgan fingerprint density at radius 2 is 2.45 bits per heavy atom. The van der Waals surface area contributed by atoms with Crippen molar-refractivity contribution < 1.29 is 0 Å². The van der Waals surface area contributed by atoms with Crippen LogP contribution in [0.15, 0.2) is 17.0 Å². The molecule has 0 aromatic carbocycles. The van der Waals surface area contributed by atoms with Gasteiger partial charge in [0.05, 0.1) is 0 Å². The molecule has 1 N–H and O–H groups in total. The van der Waals surface area contributed by atoms with Crippen LogP contribution in [0.5, 0.6) is 0 Å². The molecule has 0 atom stereocenters. The first-order valence-electron chi connectivity index (χ1n) is 2.86. The largest absolute Gasteiger partial charge is 0.267 e. The number of hydrogen-bond acceptors (Lipinski definition) is 3. The molecule has 0 aliphatic carbocycles. The second kappa shape index (κ2) is 2.38. The summed E-state index contributed by atoms with van der Waals surface area (Å²) in [4.78, 5) is 3.90. The monoisotopic (exact) mass is 230 g/mol. The van der Waals surface area contributed by atoms with E-state index in [9.17, 15) is 0 Å². The first-order chi connectivity index (χ1) is 5.27. The molecule has 0 saturated heterocycles. The Morgan fingerprint density at radius 1 is 1.64 bits per heavy atom. The molecule has 4 nitrogen and oxygen atoms in total. The summed E-state index contributed by atoms with van der Waals surface area (Å²) in [5.74, 6) is 0. The third-order valence-electron chi connectivity index (χ3n) is 1.26. The zero-order valence-corrected chi connectivity index (χ0v) is 7.69. The van der Waals surface area contributed by atoms with Gasteiger partial charge in [0.2, 0.25) is 0 Å². The number of nitrogens with zero attached hydrogens (tertiary/aromatic N) is 3. The molecule has 6 heteroatoms.